The van der Waals surface area contributed by atoms with Crippen LogP contribution in [0.3, 0.4) is 0 Å². The topological polar surface area (TPSA) is 45.5 Å². The molecule has 0 amide bonds. The van der Waals surface area contributed by atoms with Crippen LogP contribution in [-0.4, -0.2) is 39.8 Å². The summed E-state index contributed by atoms with van der Waals surface area (Å²) in [7, 11) is 0. The van der Waals surface area contributed by atoms with Crippen molar-refractivity contribution in [1.82, 2.24) is 19.8 Å². The standard InChI is InChI=1S/C21H30F3N5/c1-6-15(19(25-5)27-20(4)7-8-20)16(14(2)3)11-28-9-10-29-12-17(21(22,23)24)26-18(29)13-28/h12,27H,5-11,13H2,1-4H3/b19-15-. The Morgan fingerprint density at radius 3 is 2.48 bits per heavy atom. The minimum absolute atomic E-state index is 0.0908. The van der Waals surface area contributed by atoms with Crippen LogP contribution in [0.5, 0.6) is 0 Å². The van der Waals surface area contributed by atoms with Crippen molar-refractivity contribution >= 4 is 6.72 Å². The van der Waals surface area contributed by atoms with Gasteiger partial charge in [0.2, 0.25) is 0 Å². The minimum atomic E-state index is -4.41. The van der Waals surface area contributed by atoms with Crippen LogP contribution < -0.4 is 5.32 Å². The average Bonchev–Trinajstić information content (AvgIpc) is 3.21. The van der Waals surface area contributed by atoms with Gasteiger partial charge in [0.15, 0.2) is 5.69 Å². The van der Waals surface area contributed by atoms with Crippen LogP contribution in [0.25, 0.3) is 0 Å². The van der Waals surface area contributed by atoms with Crippen molar-refractivity contribution in [3.05, 3.63) is 40.3 Å². The lowest BCUT2D eigenvalue weighted by Crippen LogP contribution is -2.36. The van der Waals surface area contributed by atoms with E-state index >= 15 is 0 Å². The molecule has 2 heterocycles. The number of allylic oxidation sites excluding steroid dienone is 1. The molecule has 1 aliphatic carbocycles. The number of nitrogens with zero attached hydrogens (tertiary/aromatic N) is 4. The maximum atomic E-state index is 13.0. The summed E-state index contributed by atoms with van der Waals surface area (Å²) in [5.74, 6) is 1.28. The Morgan fingerprint density at radius 2 is 1.97 bits per heavy atom. The van der Waals surface area contributed by atoms with Gasteiger partial charge in [-0.1, -0.05) is 12.5 Å². The second-order valence-corrected chi connectivity index (χ2v) is 8.45. The molecule has 0 atom stereocenters. The number of rotatable bonds is 7. The number of hydrogen-bond acceptors (Lipinski definition) is 4. The number of alkyl halides is 3. The molecule has 0 bridgehead atoms. The van der Waals surface area contributed by atoms with Gasteiger partial charge in [0.05, 0.1) is 6.54 Å². The Kier molecular flexibility index (Phi) is 5.94. The Balaban J connectivity index is 1.81. The van der Waals surface area contributed by atoms with Crippen molar-refractivity contribution in [3.63, 3.8) is 0 Å². The number of fused-ring (bicyclic) bond motifs is 1. The molecule has 3 rings (SSSR count). The van der Waals surface area contributed by atoms with Crippen molar-refractivity contribution in [2.24, 2.45) is 4.99 Å². The van der Waals surface area contributed by atoms with Gasteiger partial charge in [0.25, 0.3) is 0 Å². The second kappa shape index (κ2) is 7.97. The third-order valence-electron chi connectivity index (χ3n) is 5.74. The maximum Gasteiger partial charge on any atom is 0.434 e. The summed E-state index contributed by atoms with van der Waals surface area (Å²) >= 11 is 0. The molecule has 1 aromatic rings. The number of imidazole rings is 1. The number of hydrogen-bond donors (Lipinski definition) is 1. The molecule has 0 spiro atoms. The molecule has 1 aliphatic heterocycles. The summed E-state index contributed by atoms with van der Waals surface area (Å²) in [6.45, 7) is 14.4. The summed E-state index contributed by atoms with van der Waals surface area (Å²) in [4.78, 5) is 10.2. The Bertz CT molecular complexity index is 839. The quantitative estimate of drug-likeness (QED) is 0.532. The van der Waals surface area contributed by atoms with Crippen LogP contribution in [0.4, 0.5) is 13.2 Å². The van der Waals surface area contributed by atoms with E-state index in [2.05, 4.69) is 54.6 Å². The molecule has 1 saturated carbocycles. The number of nitrogens with one attached hydrogen (secondary N) is 1. The molecule has 2 aliphatic rings. The molecule has 29 heavy (non-hydrogen) atoms. The highest BCUT2D eigenvalue weighted by Gasteiger charge is 2.38. The van der Waals surface area contributed by atoms with E-state index in [0.717, 1.165) is 36.9 Å². The highest BCUT2D eigenvalue weighted by atomic mass is 19.4. The fourth-order valence-corrected chi connectivity index (χ4v) is 3.69. The normalized spacial score (nSPS) is 19.3. The van der Waals surface area contributed by atoms with Crippen LogP contribution in [0.1, 0.15) is 58.5 Å². The lowest BCUT2D eigenvalue weighted by Gasteiger charge is -2.30. The fourth-order valence-electron chi connectivity index (χ4n) is 3.69. The largest absolute Gasteiger partial charge is 0.434 e. The first-order valence-electron chi connectivity index (χ1n) is 10.1. The summed E-state index contributed by atoms with van der Waals surface area (Å²) in [6, 6.07) is 0. The summed E-state index contributed by atoms with van der Waals surface area (Å²) < 4.78 is 40.6. The fraction of sp³-hybridized carbons (Fsp3) is 0.619. The predicted molar refractivity (Wildman–Crippen MR) is 109 cm³/mol. The first kappa shape index (κ1) is 21.6. The highest BCUT2D eigenvalue weighted by Crippen LogP contribution is 2.37. The SMILES string of the molecule is C=N/C(NC1(C)CC1)=C(\CC)C(CN1CCn2cc(C(F)(F)F)nc2C1)=C(C)C. The van der Waals surface area contributed by atoms with E-state index < -0.39 is 11.9 Å². The third kappa shape index (κ3) is 4.91. The average molecular weight is 410 g/mol. The molecule has 1 aromatic heterocycles. The van der Waals surface area contributed by atoms with Crippen molar-refractivity contribution < 1.29 is 13.2 Å². The van der Waals surface area contributed by atoms with Gasteiger partial charge in [-0.25, -0.2) is 9.98 Å². The van der Waals surface area contributed by atoms with E-state index in [4.69, 9.17) is 0 Å². The number of aliphatic imine (C=N–C) groups is 1. The van der Waals surface area contributed by atoms with Gasteiger partial charge in [-0.15, -0.1) is 0 Å². The van der Waals surface area contributed by atoms with Crippen LogP contribution >= 0.6 is 0 Å². The molecule has 0 aromatic carbocycles. The zero-order chi connectivity index (χ0) is 21.4. The first-order chi connectivity index (χ1) is 13.6. The van der Waals surface area contributed by atoms with Gasteiger partial charge in [-0.05, 0) is 57.9 Å². The highest BCUT2D eigenvalue weighted by molar-refractivity contribution is 5.42. The zero-order valence-electron chi connectivity index (χ0n) is 17.7. The van der Waals surface area contributed by atoms with Crippen LogP contribution in [0.2, 0.25) is 0 Å². The van der Waals surface area contributed by atoms with E-state index in [0.29, 0.717) is 32.0 Å². The van der Waals surface area contributed by atoms with Crippen molar-refractivity contribution in [2.45, 2.75) is 71.8 Å². The van der Waals surface area contributed by atoms with Gasteiger partial charge < -0.3 is 9.88 Å². The Labute approximate surface area is 170 Å². The van der Waals surface area contributed by atoms with Gasteiger partial charge >= 0.3 is 6.18 Å². The molecule has 0 unspecified atom stereocenters. The molecular formula is C21H30F3N5. The molecule has 0 radical (unpaired) electrons. The van der Waals surface area contributed by atoms with E-state index in [-0.39, 0.29) is 5.54 Å². The second-order valence-electron chi connectivity index (χ2n) is 8.45. The molecule has 8 heteroatoms. The predicted octanol–water partition coefficient (Wildman–Crippen LogP) is 4.52. The van der Waals surface area contributed by atoms with E-state index in [1.807, 2.05) is 0 Å². The van der Waals surface area contributed by atoms with Gasteiger partial charge in [0, 0.05) is 31.4 Å². The van der Waals surface area contributed by atoms with Crippen LogP contribution in [-0.2, 0) is 19.3 Å². The molecule has 1 fully saturated rings. The Hall–Kier alpha value is -2.09. The molecule has 5 nitrogen and oxygen atoms in total. The summed E-state index contributed by atoms with van der Waals surface area (Å²) in [5.41, 5.74) is 2.75. The molecular weight excluding hydrogens is 379 g/mol. The van der Waals surface area contributed by atoms with Crippen molar-refractivity contribution in [3.8, 4) is 0 Å². The van der Waals surface area contributed by atoms with E-state index in [1.165, 1.54) is 11.1 Å². The minimum Gasteiger partial charge on any atom is -0.365 e. The number of aromatic nitrogens is 2. The lowest BCUT2D eigenvalue weighted by molar-refractivity contribution is -0.141. The van der Waals surface area contributed by atoms with E-state index in [1.54, 1.807) is 4.57 Å². The van der Waals surface area contributed by atoms with Gasteiger partial charge in [-0.2, -0.15) is 13.2 Å². The van der Waals surface area contributed by atoms with Crippen LogP contribution in [0, 0.1) is 0 Å². The van der Waals surface area contributed by atoms with Crippen molar-refractivity contribution in [2.75, 3.05) is 13.1 Å². The smallest absolute Gasteiger partial charge is 0.365 e. The lowest BCUT2D eigenvalue weighted by atomic mass is 9.97. The molecule has 160 valence electrons. The van der Waals surface area contributed by atoms with Crippen LogP contribution in [0.15, 0.2) is 33.7 Å². The monoisotopic (exact) mass is 409 g/mol. The number of halogens is 3. The molecule has 0 saturated heterocycles. The van der Waals surface area contributed by atoms with E-state index in [9.17, 15) is 13.2 Å². The molecule has 1 N–H and O–H groups in total. The van der Waals surface area contributed by atoms with Crippen molar-refractivity contribution in [1.29, 1.82) is 0 Å². The maximum absolute atomic E-state index is 13.0. The Morgan fingerprint density at radius 1 is 1.28 bits per heavy atom. The first-order valence-corrected chi connectivity index (χ1v) is 10.1. The van der Waals surface area contributed by atoms with Gasteiger partial charge in [-0.3, -0.25) is 4.90 Å². The zero-order valence-corrected chi connectivity index (χ0v) is 17.7. The summed E-state index contributed by atoms with van der Waals surface area (Å²) in [5, 5.41) is 3.53. The van der Waals surface area contributed by atoms with Gasteiger partial charge in [0.1, 0.15) is 11.6 Å². The third-order valence-corrected chi connectivity index (χ3v) is 5.74. The summed E-state index contributed by atoms with van der Waals surface area (Å²) in [6.07, 6.45) is -0.259.